The second-order valence-electron chi connectivity index (χ2n) is 7.46. The number of halogens is 1. The Morgan fingerprint density at radius 1 is 1.06 bits per heavy atom. The van der Waals surface area contributed by atoms with E-state index in [0.717, 1.165) is 5.69 Å². The van der Waals surface area contributed by atoms with Crippen LogP contribution in [-0.4, -0.2) is 58.8 Å². The quantitative estimate of drug-likeness (QED) is 0.530. The summed E-state index contributed by atoms with van der Waals surface area (Å²) in [6, 6.07) is 13.6. The molecule has 3 aromatic rings. The summed E-state index contributed by atoms with van der Waals surface area (Å²) >= 11 is 1.20. The van der Waals surface area contributed by atoms with E-state index < -0.39 is 5.82 Å². The Balaban J connectivity index is 1.26. The maximum atomic E-state index is 13.9. The van der Waals surface area contributed by atoms with Gasteiger partial charge in [0.1, 0.15) is 5.82 Å². The Morgan fingerprint density at radius 3 is 2.45 bits per heavy atom. The maximum absolute atomic E-state index is 13.9. The maximum Gasteiger partial charge on any atom is 0.277 e. The Bertz CT molecular complexity index is 1110. The number of carbonyl (C=O) groups is 2. The van der Waals surface area contributed by atoms with Crippen LogP contribution in [0.1, 0.15) is 23.2 Å². The van der Waals surface area contributed by atoms with Crippen LogP contribution in [0, 0.1) is 5.82 Å². The molecule has 0 atom stereocenters. The highest BCUT2D eigenvalue weighted by molar-refractivity contribution is 7.99. The minimum Gasteiger partial charge on any atom is -0.416 e. The lowest BCUT2D eigenvalue weighted by Gasteiger charge is -2.36. The lowest BCUT2D eigenvalue weighted by atomic mass is 10.1. The number of nitrogens with one attached hydrogen (secondary N) is 1. The van der Waals surface area contributed by atoms with E-state index in [1.807, 2.05) is 31.2 Å². The van der Waals surface area contributed by atoms with Gasteiger partial charge >= 0.3 is 0 Å². The van der Waals surface area contributed by atoms with Crippen molar-refractivity contribution in [3.05, 3.63) is 65.8 Å². The van der Waals surface area contributed by atoms with Crippen molar-refractivity contribution in [2.45, 2.75) is 18.6 Å². The molecule has 1 N–H and O–H groups in total. The molecule has 8 nitrogen and oxygen atoms in total. The summed E-state index contributed by atoms with van der Waals surface area (Å²) in [7, 11) is 0. The molecule has 2 heterocycles. The smallest absolute Gasteiger partial charge is 0.277 e. The Kier molecular flexibility index (Phi) is 7.23. The number of hydrogen-bond acceptors (Lipinski definition) is 7. The van der Waals surface area contributed by atoms with Gasteiger partial charge in [0.15, 0.2) is 0 Å². The molecule has 1 aliphatic rings. The SMILES string of the molecule is CCc1nnc(SCC(=O)Nc2ccc(N3CCN(C(=O)c4ccccc4F)CC3)cc2)o1. The predicted octanol–water partition coefficient (Wildman–Crippen LogP) is 3.46. The minimum absolute atomic E-state index is 0.106. The van der Waals surface area contributed by atoms with Crippen LogP contribution in [0.2, 0.25) is 0 Å². The van der Waals surface area contributed by atoms with Gasteiger partial charge in [0.05, 0.1) is 11.3 Å². The molecule has 172 valence electrons. The molecule has 1 fully saturated rings. The van der Waals surface area contributed by atoms with Crippen LogP contribution in [0.15, 0.2) is 58.2 Å². The average Bonchev–Trinajstić information content (AvgIpc) is 3.32. The molecule has 1 aromatic heterocycles. The zero-order valence-electron chi connectivity index (χ0n) is 18.2. The van der Waals surface area contributed by atoms with Crippen molar-refractivity contribution in [3.63, 3.8) is 0 Å². The topological polar surface area (TPSA) is 91.6 Å². The van der Waals surface area contributed by atoms with E-state index >= 15 is 0 Å². The first kappa shape index (κ1) is 22.8. The average molecular weight is 470 g/mol. The number of benzene rings is 2. The summed E-state index contributed by atoms with van der Waals surface area (Å²) in [5, 5.41) is 11.0. The molecule has 0 saturated carbocycles. The van der Waals surface area contributed by atoms with Gasteiger partial charge < -0.3 is 19.5 Å². The number of rotatable bonds is 7. The van der Waals surface area contributed by atoms with E-state index in [0.29, 0.717) is 49.4 Å². The number of piperazine rings is 1. The highest BCUT2D eigenvalue weighted by atomic mass is 32.2. The zero-order chi connectivity index (χ0) is 23.2. The molecular weight excluding hydrogens is 445 g/mol. The van der Waals surface area contributed by atoms with E-state index in [2.05, 4.69) is 20.4 Å². The molecule has 0 bridgehead atoms. The number of hydrogen-bond donors (Lipinski definition) is 1. The van der Waals surface area contributed by atoms with Crippen LogP contribution < -0.4 is 10.2 Å². The standard InChI is InChI=1S/C23H24FN5O3S/c1-2-21-26-27-23(32-21)33-15-20(30)25-16-7-9-17(10-8-16)28-11-13-29(14-12-28)22(31)18-5-3-4-6-19(18)24/h3-10H,2,11-15H2,1H3,(H,25,30). The monoisotopic (exact) mass is 469 g/mol. The fourth-order valence-corrected chi connectivity index (χ4v) is 4.07. The Labute approximate surface area is 195 Å². The Hall–Kier alpha value is -3.40. The minimum atomic E-state index is -0.497. The number of carbonyl (C=O) groups excluding carboxylic acids is 2. The molecule has 0 unspecified atom stereocenters. The van der Waals surface area contributed by atoms with Crippen molar-refractivity contribution in [1.29, 1.82) is 0 Å². The first-order valence-electron chi connectivity index (χ1n) is 10.7. The number of thioether (sulfide) groups is 1. The van der Waals surface area contributed by atoms with Gasteiger partial charge in [-0.3, -0.25) is 9.59 Å². The van der Waals surface area contributed by atoms with Gasteiger partial charge in [-0.05, 0) is 36.4 Å². The lowest BCUT2D eigenvalue weighted by molar-refractivity contribution is -0.113. The summed E-state index contributed by atoms with van der Waals surface area (Å²) in [4.78, 5) is 28.6. The molecule has 0 radical (unpaired) electrons. The first-order valence-corrected chi connectivity index (χ1v) is 11.7. The van der Waals surface area contributed by atoms with Crippen LogP contribution in [0.3, 0.4) is 0 Å². The molecule has 33 heavy (non-hydrogen) atoms. The third-order valence-electron chi connectivity index (χ3n) is 5.26. The molecule has 4 rings (SSSR count). The molecule has 0 spiro atoms. The fourth-order valence-electron chi connectivity index (χ4n) is 3.49. The summed E-state index contributed by atoms with van der Waals surface area (Å²) in [5.41, 5.74) is 1.80. The summed E-state index contributed by atoms with van der Waals surface area (Å²) < 4.78 is 19.3. The first-order chi connectivity index (χ1) is 16.0. The molecule has 0 aliphatic carbocycles. The van der Waals surface area contributed by atoms with Crippen molar-refractivity contribution in [2.24, 2.45) is 0 Å². The van der Waals surface area contributed by atoms with E-state index in [1.165, 1.54) is 23.9 Å². The second kappa shape index (κ2) is 10.5. The van der Waals surface area contributed by atoms with Crippen molar-refractivity contribution in [2.75, 3.05) is 42.1 Å². The van der Waals surface area contributed by atoms with Crippen LogP contribution in [0.5, 0.6) is 0 Å². The molecule has 2 amide bonds. The summed E-state index contributed by atoms with van der Waals surface area (Å²) in [5.74, 6) is -0.223. The summed E-state index contributed by atoms with van der Waals surface area (Å²) in [6.45, 7) is 4.24. The van der Waals surface area contributed by atoms with Gasteiger partial charge in [0.25, 0.3) is 11.1 Å². The largest absolute Gasteiger partial charge is 0.416 e. The van der Waals surface area contributed by atoms with Crippen molar-refractivity contribution in [1.82, 2.24) is 15.1 Å². The highest BCUT2D eigenvalue weighted by Gasteiger charge is 2.24. The van der Waals surface area contributed by atoms with Crippen LogP contribution in [0.4, 0.5) is 15.8 Å². The third kappa shape index (κ3) is 5.70. The Morgan fingerprint density at radius 2 is 1.79 bits per heavy atom. The van der Waals surface area contributed by atoms with Gasteiger partial charge in [-0.2, -0.15) is 0 Å². The van der Waals surface area contributed by atoms with E-state index in [9.17, 15) is 14.0 Å². The van der Waals surface area contributed by atoms with Crippen LogP contribution in [0.25, 0.3) is 0 Å². The molecular formula is C23H24FN5O3S. The third-order valence-corrected chi connectivity index (χ3v) is 6.08. The predicted molar refractivity (Wildman–Crippen MR) is 124 cm³/mol. The highest BCUT2D eigenvalue weighted by Crippen LogP contribution is 2.22. The van der Waals surface area contributed by atoms with Gasteiger partial charge in [-0.1, -0.05) is 30.8 Å². The summed E-state index contributed by atoms with van der Waals surface area (Å²) in [6.07, 6.45) is 0.656. The molecule has 1 saturated heterocycles. The van der Waals surface area contributed by atoms with Crippen molar-refractivity contribution >= 4 is 35.0 Å². The van der Waals surface area contributed by atoms with E-state index in [4.69, 9.17) is 4.42 Å². The van der Waals surface area contributed by atoms with E-state index in [1.54, 1.807) is 17.0 Å². The van der Waals surface area contributed by atoms with Gasteiger partial charge in [0.2, 0.25) is 11.8 Å². The number of amides is 2. The van der Waals surface area contributed by atoms with Crippen LogP contribution in [-0.2, 0) is 11.2 Å². The normalized spacial score (nSPS) is 13.8. The van der Waals surface area contributed by atoms with Crippen molar-refractivity contribution in [3.8, 4) is 0 Å². The fraction of sp³-hybridized carbons (Fsp3) is 0.304. The number of nitrogens with zero attached hydrogens (tertiary/aromatic N) is 4. The molecule has 2 aromatic carbocycles. The molecule has 1 aliphatic heterocycles. The van der Waals surface area contributed by atoms with Gasteiger partial charge in [-0.15, -0.1) is 10.2 Å². The number of anilines is 2. The number of aryl methyl sites for hydroxylation is 1. The van der Waals surface area contributed by atoms with Crippen molar-refractivity contribution < 1.29 is 18.4 Å². The van der Waals surface area contributed by atoms with E-state index in [-0.39, 0.29) is 23.1 Å². The van der Waals surface area contributed by atoms with Gasteiger partial charge in [-0.25, -0.2) is 4.39 Å². The van der Waals surface area contributed by atoms with Gasteiger partial charge in [0, 0.05) is 44.0 Å². The number of aromatic nitrogens is 2. The zero-order valence-corrected chi connectivity index (χ0v) is 19.0. The molecule has 10 heteroatoms. The lowest BCUT2D eigenvalue weighted by Crippen LogP contribution is -2.49. The van der Waals surface area contributed by atoms with Crippen LogP contribution >= 0.6 is 11.8 Å². The second-order valence-corrected chi connectivity index (χ2v) is 8.38.